The minimum atomic E-state index is 0.0922. The Kier molecular flexibility index (Phi) is 3.73. The molecule has 2 aromatic heterocycles. The van der Waals surface area contributed by atoms with Crippen molar-refractivity contribution in [2.45, 2.75) is 51.3 Å². The van der Waals surface area contributed by atoms with Crippen molar-refractivity contribution in [2.75, 3.05) is 13.7 Å². The van der Waals surface area contributed by atoms with E-state index in [1.807, 2.05) is 6.92 Å². The fourth-order valence-corrected chi connectivity index (χ4v) is 3.51. The van der Waals surface area contributed by atoms with Gasteiger partial charge in [0, 0.05) is 19.6 Å². The molecule has 0 radical (unpaired) electrons. The van der Waals surface area contributed by atoms with Crippen molar-refractivity contribution < 1.29 is 13.7 Å². The zero-order valence-electron chi connectivity index (χ0n) is 13.9. The van der Waals surface area contributed by atoms with Gasteiger partial charge in [-0.15, -0.1) is 0 Å². The van der Waals surface area contributed by atoms with Crippen LogP contribution in [0.25, 0.3) is 0 Å². The van der Waals surface area contributed by atoms with Crippen molar-refractivity contribution in [3.8, 4) is 0 Å². The number of hydrogen-bond acceptors (Lipinski definition) is 6. The maximum atomic E-state index is 6.05. The van der Waals surface area contributed by atoms with Crippen LogP contribution in [0, 0.1) is 12.8 Å². The average molecular weight is 317 g/mol. The first kappa shape index (κ1) is 14.9. The van der Waals surface area contributed by atoms with Gasteiger partial charge in [-0.05, 0) is 37.8 Å². The topological polar surface area (TPSA) is 64.5 Å². The van der Waals surface area contributed by atoms with Crippen molar-refractivity contribution in [3.63, 3.8) is 0 Å². The number of ether oxygens (including phenoxy) is 1. The molecule has 6 nitrogen and oxygen atoms in total. The molecule has 1 aliphatic carbocycles. The van der Waals surface area contributed by atoms with E-state index in [9.17, 15) is 0 Å². The molecule has 0 N–H and O–H groups in total. The van der Waals surface area contributed by atoms with Gasteiger partial charge in [0.25, 0.3) is 0 Å². The standard InChI is InChI=1S/C17H23N3O3/c1-10-6-14(10)16-5-4-12(22-16)8-20-9-13(21-3)7-15(20)17-18-11(2)19-23-17/h4-5,10,13-15H,6-9H2,1-3H3/t10-,13+,14+,15+/m0/s1. The normalized spacial score (nSPS) is 30.9. The highest BCUT2D eigenvalue weighted by Gasteiger charge is 2.39. The molecule has 0 unspecified atom stereocenters. The van der Waals surface area contributed by atoms with Crippen LogP contribution >= 0.6 is 0 Å². The minimum Gasteiger partial charge on any atom is -0.464 e. The monoisotopic (exact) mass is 317 g/mol. The number of aromatic nitrogens is 2. The van der Waals surface area contributed by atoms with Crippen LogP contribution in [0.5, 0.6) is 0 Å². The third-order valence-electron chi connectivity index (χ3n) is 5.04. The number of furan rings is 1. The molecule has 1 saturated heterocycles. The van der Waals surface area contributed by atoms with E-state index >= 15 is 0 Å². The van der Waals surface area contributed by atoms with Crippen LogP contribution in [-0.2, 0) is 11.3 Å². The predicted octanol–water partition coefficient (Wildman–Crippen LogP) is 3.06. The van der Waals surface area contributed by atoms with Crippen LogP contribution in [0.4, 0.5) is 0 Å². The van der Waals surface area contributed by atoms with Crippen LogP contribution < -0.4 is 0 Å². The van der Waals surface area contributed by atoms with Crippen molar-refractivity contribution in [1.82, 2.24) is 15.0 Å². The van der Waals surface area contributed by atoms with Gasteiger partial charge in [-0.1, -0.05) is 12.1 Å². The Balaban J connectivity index is 1.50. The highest BCUT2D eigenvalue weighted by atomic mass is 16.5. The smallest absolute Gasteiger partial charge is 0.244 e. The maximum absolute atomic E-state index is 6.05. The van der Waals surface area contributed by atoms with Crippen LogP contribution in [-0.4, -0.2) is 34.8 Å². The quantitative estimate of drug-likeness (QED) is 0.844. The summed E-state index contributed by atoms with van der Waals surface area (Å²) in [5.41, 5.74) is 0. The summed E-state index contributed by atoms with van der Waals surface area (Å²) in [6.07, 6.45) is 2.29. The first-order valence-electron chi connectivity index (χ1n) is 8.29. The summed E-state index contributed by atoms with van der Waals surface area (Å²) in [5, 5.41) is 3.92. The third kappa shape index (κ3) is 2.93. The molecule has 3 heterocycles. The molecule has 124 valence electrons. The summed E-state index contributed by atoms with van der Waals surface area (Å²) >= 11 is 0. The number of nitrogens with zero attached hydrogens (tertiary/aromatic N) is 3. The van der Waals surface area contributed by atoms with Crippen molar-refractivity contribution in [2.24, 2.45) is 5.92 Å². The molecular weight excluding hydrogens is 294 g/mol. The zero-order valence-corrected chi connectivity index (χ0v) is 13.9. The summed E-state index contributed by atoms with van der Waals surface area (Å²) in [6.45, 7) is 5.70. The Morgan fingerprint density at radius 1 is 1.35 bits per heavy atom. The van der Waals surface area contributed by atoms with Crippen LogP contribution in [0.1, 0.15) is 55.0 Å². The highest BCUT2D eigenvalue weighted by molar-refractivity contribution is 5.18. The Labute approximate surface area is 135 Å². The fourth-order valence-electron chi connectivity index (χ4n) is 3.51. The molecule has 1 saturated carbocycles. The molecular formula is C17H23N3O3. The lowest BCUT2D eigenvalue weighted by molar-refractivity contribution is 0.106. The van der Waals surface area contributed by atoms with E-state index in [0.717, 1.165) is 36.9 Å². The SMILES string of the molecule is CO[C@@H]1C[C@H](c2nc(C)no2)N(Cc2ccc([C@@H]3C[C@@H]3C)o2)C1. The predicted molar refractivity (Wildman–Crippen MR) is 82.8 cm³/mol. The lowest BCUT2D eigenvalue weighted by Crippen LogP contribution is -2.24. The second kappa shape index (κ2) is 5.76. The van der Waals surface area contributed by atoms with Crippen LogP contribution in [0.3, 0.4) is 0 Å². The Morgan fingerprint density at radius 3 is 2.83 bits per heavy atom. The number of rotatable bonds is 5. The van der Waals surface area contributed by atoms with E-state index in [1.165, 1.54) is 6.42 Å². The number of aryl methyl sites for hydroxylation is 1. The maximum Gasteiger partial charge on any atom is 0.244 e. The van der Waals surface area contributed by atoms with E-state index in [1.54, 1.807) is 7.11 Å². The molecule has 4 atom stereocenters. The van der Waals surface area contributed by atoms with Gasteiger partial charge in [0.2, 0.25) is 5.89 Å². The fraction of sp³-hybridized carbons (Fsp3) is 0.647. The van der Waals surface area contributed by atoms with Gasteiger partial charge < -0.3 is 13.7 Å². The van der Waals surface area contributed by atoms with Gasteiger partial charge in [0.1, 0.15) is 11.5 Å². The minimum absolute atomic E-state index is 0.0922. The molecule has 2 fully saturated rings. The Bertz CT molecular complexity index is 680. The molecule has 0 bridgehead atoms. The van der Waals surface area contributed by atoms with E-state index in [0.29, 0.717) is 17.6 Å². The van der Waals surface area contributed by atoms with Gasteiger partial charge in [0.15, 0.2) is 5.82 Å². The molecule has 23 heavy (non-hydrogen) atoms. The Morgan fingerprint density at radius 2 is 2.17 bits per heavy atom. The van der Waals surface area contributed by atoms with Crippen molar-refractivity contribution in [1.29, 1.82) is 0 Å². The second-order valence-electron chi connectivity index (χ2n) is 6.84. The first-order chi connectivity index (χ1) is 11.1. The van der Waals surface area contributed by atoms with Gasteiger partial charge in [0.05, 0.1) is 18.7 Å². The van der Waals surface area contributed by atoms with Crippen molar-refractivity contribution in [3.05, 3.63) is 35.4 Å². The van der Waals surface area contributed by atoms with E-state index in [4.69, 9.17) is 13.7 Å². The molecule has 0 aromatic carbocycles. The summed E-state index contributed by atoms with van der Waals surface area (Å²) in [7, 11) is 1.75. The van der Waals surface area contributed by atoms with E-state index in [2.05, 4.69) is 34.1 Å². The molecule has 1 aliphatic heterocycles. The van der Waals surface area contributed by atoms with Crippen LogP contribution in [0.2, 0.25) is 0 Å². The van der Waals surface area contributed by atoms with Gasteiger partial charge >= 0.3 is 0 Å². The molecule has 2 aromatic rings. The highest BCUT2D eigenvalue weighted by Crippen LogP contribution is 2.47. The number of methoxy groups -OCH3 is 1. The number of hydrogen-bond donors (Lipinski definition) is 0. The van der Waals surface area contributed by atoms with E-state index in [-0.39, 0.29) is 12.1 Å². The lowest BCUT2D eigenvalue weighted by Gasteiger charge is -2.19. The summed E-state index contributed by atoms with van der Waals surface area (Å²) in [5.74, 6) is 4.84. The first-order valence-corrected chi connectivity index (χ1v) is 8.29. The molecule has 0 spiro atoms. The third-order valence-corrected chi connectivity index (χ3v) is 5.04. The average Bonchev–Trinajstić information content (AvgIpc) is 2.95. The number of likely N-dealkylation sites (tertiary alicyclic amines) is 1. The van der Waals surface area contributed by atoms with Gasteiger partial charge in [-0.3, -0.25) is 4.90 Å². The molecule has 4 rings (SSSR count). The molecule has 0 amide bonds. The lowest BCUT2D eigenvalue weighted by atomic mass is 10.2. The van der Waals surface area contributed by atoms with E-state index < -0.39 is 0 Å². The van der Waals surface area contributed by atoms with Gasteiger partial charge in [-0.25, -0.2) is 0 Å². The summed E-state index contributed by atoms with van der Waals surface area (Å²) in [6, 6.07) is 4.31. The summed E-state index contributed by atoms with van der Waals surface area (Å²) in [4.78, 5) is 6.71. The van der Waals surface area contributed by atoms with Crippen LogP contribution in [0.15, 0.2) is 21.1 Å². The largest absolute Gasteiger partial charge is 0.464 e. The molecule has 2 aliphatic rings. The molecule has 6 heteroatoms. The summed E-state index contributed by atoms with van der Waals surface area (Å²) < 4.78 is 17.0. The zero-order chi connectivity index (χ0) is 16.0. The van der Waals surface area contributed by atoms with Crippen molar-refractivity contribution >= 4 is 0 Å². The van der Waals surface area contributed by atoms with Gasteiger partial charge in [-0.2, -0.15) is 4.98 Å². The second-order valence-corrected chi connectivity index (χ2v) is 6.84. The Hall–Kier alpha value is -1.66.